The molecule has 0 unspecified atom stereocenters. The Bertz CT molecular complexity index is 1330. The van der Waals surface area contributed by atoms with Crippen molar-refractivity contribution in [3.8, 4) is 28.6 Å². The number of rotatable bonds is 7. The molecule has 0 spiro atoms. The van der Waals surface area contributed by atoms with Gasteiger partial charge in [0.15, 0.2) is 5.78 Å². The number of carbonyl (C=O) groups is 1. The number of benzene rings is 2. The summed E-state index contributed by atoms with van der Waals surface area (Å²) in [6.07, 6.45) is -4.76. The fourth-order valence-corrected chi connectivity index (χ4v) is 3.64. The Kier molecular flexibility index (Phi) is 6.10. The summed E-state index contributed by atoms with van der Waals surface area (Å²) in [6, 6.07) is 14.3. The smallest absolute Gasteiger partial charge is 0.497 e. The molecular weight excluding hydrogens is 451 g/mol. The van der Waals surface area contributed by atoms with E-state index in [-0.39, 0.29) is 18.1 Å². The highest BCUT2D eigenvalue weighted by Crippen LogP contribution is 2.26. The summed E-state index contributed by atoms with van der Waals surface area (Å²) in [5.41, 5.74) is 3.14. The molecule has 4 rings (SSSR count). The topological polar surface area (TPSA) is 84.1 Å². The Balaban J connectivity index is 1.53. The van der Waals surface area contributed by atoms with Crippen LogP contribution in [0.2, 0.25) is 0 Å². The Morgan fingerprint density at radius 1 is 1.03 bits per heavy atom. The monoisotopic (exact) mass is 471 g/mol. The van der Waals surface area contributed by atoms with E-state index in [0.29, 0.717) is 34.1 Å². The number of aromatic nitrogens is 5. The molecule has 0 atom stereocenters. The van der Waals surface area contributed by atoms with Crippen molar-refractivity contribution < 1.29 is 27.4 Å². The van der Waals surface area contributed by atoms with Crippen LogP contribution in [0.1, 0.15) is 21.7 Å². The first-order valence-electron chi connectivity index (χ1n) is 10.1. The number of aryl methyl sites for hydroxylation is 1. The third-order valence-electron chi connectivity index (χ3n) is 5.13. The van der Waals surface area contributed by atoms with Crippen molar-refractivity contribution in [3.63, 3.8) is 0 Å². The molecule has 0 N–H and O–H groups in total. The van der Waals surface area contributed by atoms with Crippen molar-refractivity contribution in [1.29, 1.82) is 0 Å². The van der Waals surface area contributed by atoms with Crippen LogP contribution >= 0.6 is 0 Å². The van der Waals surface area contributed by atoms with Crippen molar-refractivity contribution in [3.05, 3.63) is 71.5 Å². The number of hydrogen-bond acceptors (Lipinski definition) is 6. The summed E-state index contributed by atoms with van der Waals surface area (Å²) in [7, 11) is 1.56. The van der Waals surface area contributed by atoms with Gasteiger partial charge in [0.05, 0.1) is 7.11 Å². The molecule has 8 nitrogen and oxygen atoms in total. The molecule has 0 fully saturated rings. The third kappa shape index (κ3) is 4.92. The maximum Gasteiger partial charge on any atom is 0.573 e. The van der Waals surface area contributed by atoms with E-state index in [4.69, 9.17) is 4.74 Å². The second-order valence-corrected chi connectivity index (χ2v) is 7.46. The van der Waals surface area contributed by atoms with Gasteiger partial charge in [-0.15, -0.1) is 23.4 Å². The van der Waals surface area contributed by atoms with E-state index in [0.717, 1.165) is 5.69 Å². The van der Waals surface area contributed by atoms with E-state index in [1.54, 1.807) is 49.8 Å². The van der Waals surface area contributed by atoms with Crippen molar-refractivity contribution in [1.82, 2.24) is 24.8 Å². The lowest BCUT2D eigenvalue weighted by atomic mass is 10.1. The van der Waals surface area contributed by atoms with Gasteiger partial charge in [0.25, 0.3) is 0 Å². The Hall–Kier alpha value is -4.15. The second kappa shape index (κ2) is 9.00. The van der Waals surface area contributed by atoms with Crippen LogP contribution in [0.4, 0.5) is 13.2 Å². The standard InChI is InChI=1S/C23H20F3N5O3/c1-14-11-20(15(2)31(14)17-7-9-18(10-8-17)34-23(24,25)26)21(32)13-30-28-22(27-29-30)16-5-4-6-19(12-16)33-3/h4-12H,13H2,1-3H3. The van der Waals surface area contributed by atoms with Gasteiger partial charge in [0.2, 0.25) is 5.82 Å². The van der Waals surface area contributed by atoms with Crippen molar-refractivity contribution in [2.45, 2.75) is 26.8 Å². The number of methoxy groups -OCH3 is 1. The van der Waals surface area contributed by atoms with Crippen molar-refractivity contribution >= 4 is 5.78 Å². The summed E-state index contributed by atoms with van der Waals surface area (Å²) < 4.78 is 48.1. The number of Topliss-reactive ketones (excluding diaryl/α,β-unsaturated/α-hetero) is 1. The minimum absolute atomic E-state index is 0.125. The van der Waals surface area contributed by atoms with Crippen LogP contribution in [0.5, 0.6) is 11.5 Å². The van der Waals surface area contributed by atoms with Gasteiger partial charge in [-0.2, -0.15) is 4.80 Å². The third-order valence-corrected chi connectivity index (χ3v) is 5.13. The number of alkyl halides is 3. The van der Waals surface area contributed by atoms with Gasteiger partial charge in [0, 0.05) is 28.2 Å². The highest BCUT2D eigenvalue weighted by atomic mass is 19.4. The average Bonchev–Trinajstić information content (AvgIpc) is 3.37. The van der Waals surface area contributed by atoms with Gasteiger partial charge in [-0.05, 0) is 61.5 Å². The van der Waals surface area contributed by atoms with Crippen LogP contribution in [0.15, 0.2) is 54.6 Å². The number of carbonyl (C=O) groups excluding carboxylic acids is 1. The lowest BCUT2D eigenvalue weighted by molar-refractivity contribution is -0.274. The van der Waals surface area contributed by atoms with Crippen LogP contribution < -0.4 is 9.47 Å². The van der Waals surface area contributed by atoms with Gasteiger partial charge < -0.3 is 14.0 Å². The molecule has 176 valence electrons. The van der Waals surface area contributed by atoms with Gasteiger partial charge in [-0.1, -0.05) is 12.1 Å². The van der Waals surface area contributed by atoms with Crippen molar-refractivity contribution in [2.75, 3.05) is 7.11 Å². The molecule has 4 aromatic rings. The zero-order valence-corrected chi connectivity index (χ0v) is 18.5. The number of ether oxygens (including phenoxy) is 2. The van der Waals surface area contributed by atoms with Gasteiger partial charge in [-0.3, -0.25) is 4.79 Å². The molecule has 2 aromatic heterocycles. The lowest BCUT2D eigenvalue weighted by Crippen LogP contribution is -2.17. The van der Waals surface area contributed by atoms with Crippen LogP contribution in [-0.2, 0) is 6.54 Å². The maximum atomic E-state index is 13.0. The van der Waals surface area contributed by atoms with E-state index in [1.165, 1.54) is 29.1 Å². The van der Waals surface area contributed by atoms with Crippen LogP contribution in [0.3, 0.4) is 0 Å². The largest absolute Gasteiger partial charge is 0.573 e. The number of hydrogen-bond donors (Lipinski definition) is 0. The average molecular weight is 471 g/mol. The van der Waals surface area contributed by atoms with Gasteiger partial charge >= 0.3 is 6.36 Å². The number of ketones is 1. The first-order chi connectivity index (χ1) is 16.1. The summed E-state index contributed by atoms with van der Waals surface area (Å²) >= 11 is 0. The number of halogens is 3. The highest BCUT2D eigenvalue weighted by molar-refractivity contribution is 5.97. The molecule has 0 radical (unpaired) electrons. The first kappa shape index (κ1) is 23.0. The molecule has 34 heavy (non-hydrogen) atoms. The molecule has 0 saturated heterocycles. The minimum atomic E-state index is -4.76. The molecule has 0 saturated carbocycles. The maximum absolute atomic E-state index is 13.0. The predicted molar refractivity (Wildman–Crippen MR) is 116 cm³/mol. The van der Waals surface area contributed by atoms with Gasteiger partial charge in [-0.25, -0.2) is 0 Å². The molecule has 0 amide bonds. The summed E-state index contributed by atoms with van der Waals surface area (Å²) in [5.74, 6) is 0.457. The van der Waals surface area contributed by atoms with E-state index in [9.17, 15) is 18.0 Å². The van der Waals surface area contributed by atoms with Crippen LogP contribution in [-0.4, -0.2) is 44.0 Å². The molecule has 2 heterocycles. The van der Waals surface area contributed by atoms with E-state index >= 15 is 0 Å². The van der Waals surface area contributed by atoms with Crippen molar-refractivity contribution in [2.24, 2.45) is 0 Å². The number of nitrogens with zero attached hydrogens (tertiary/aromatic N) is 5. The van der Waals surface area contributed by atoms with E-state index in [2.05, 4.69) is 20.1 Å². The molecule has 0 bridgehead atoms. The fraction of sp³-hybridized carbons (Fsp3) is 0.217. The molecule has 11 heteroatoms. The molecule has 2 aromatic carbocycles. The zero-order chi connectivity index (χ0) is 24.5. The molecule has 0 aliphatic carbocycles. The summed E-state index contributed by atoms with van der Waals surface area (Å²) in [5, 5.41) is 12.3. The van der Waals surface area contributed by atoms with Crippen LogP contribution in [0.25, 0.3) is 17.1 Å². The fourth-order valence-electron chi connectivity index (χ4n) is 3.64. The van der Waals surface area contributed by atoms with E-state index < -0.39 is 6.36 Å². The second-order valence-electron chi connectivity index (χ2n) is 7.46. The number of tetrazole rings is 1. The summed E-state index contributed by atoms with van der Waals surface area (Å²) in [4.78, 5) is 14.2. The minimum Gasteiger partial charge on any atom is -0.497 e. The summed E-state index contributed by atoms with van der Waals surface area (Å²) in [6.45, 7) is 3.44. The Morgan fingerprint density at radius 3 is 2.44 bits per heavy atom. The SMILES string of the molecule is COc1cccc(-c2nnn(CC(=O)c3cc(C)n(-c4ccc(OC(F)(F)F)cc4)c3C)n2)c1. The lowest BCUT2D eigenvalue weighted by Gasteiger charge is -2.12. The Labute approximate surface area is 192 Å². The normalized spacial score (nSPS) is 11.5. The molecular formula is C23H20F3N5O3. The first-order valence-corrected chi connectivity index (χ1v) is 10.1. The highest BCUT2D eigenvalue weighted by Gasteiger charge is 2.31. The van der Waals surface area contributed by atoms with Crippen LogP contribution in [0, 0.1) is 13.8 Å². The van der Waals surface area contributed by atoms with E-state index in [1.807, 2.05) is 6.07 Å². The molecule has 0 aliphatic rings. The molecule has 0 aliphatic heterocycles. The predicted octanol–water partition coefficient (Wildman–Crippen LogP) is 4.54. The van der Waals surface area contributed by atoms with Gasteiger partial charge in [0.1, 0.15) is 18.0 Å². The Morgan fingerprint density at radius 2 is 1.76 bits per heavy atom. The zero-order valence-electron chi connectivity index (χ0n) is 18.5. The quantitative estimate of drug-likeness (QED) is 0.368.